The normalized spacial score (nSPS) is 16.9. The fraction of sp³-hybridized carbons (Fsp3) is 0.235. The van der Waals surface area contributed by atoms with Crippen molar-refractivity contribution in [1.29, 1.82) is 0 Å². The molecule has 0 aromatic heterocycles. The molecule has 2 aromatic carbocycles. The summed E-state index contributed by atoms with van der Waals surface area (Å²) in [6.45, 7) is 0. The molecule has 0 radical (unpaired) electrons. The lowest BCUT2D eigenvalue weighted by Crippen LogP contribution is -2.19. The number of hydrogen-bond donors (Lipinski definition) is 1. The van der Waals surface area contributed by atoms with Gasteiger partial charge in [0.2, 0.25) is 0 Å². The molecule has 1 atom stereocenters. The number of benzene rings is 2. The highest BCUT2D eigenvalue weighted by atomic mass is 16.5. The van der Waals surface area contributed by atoms with E-state index in [1.165, 1.54) is 11.1 Å². The van der Waals surface area contributed by atoms with Crippen molar-refractivity contribution < 1.29 is 9.53 Å². The summed E-state index contributed by atoms with van der Waals surface area (Å²) in [6, 6.07) is 14.2. The van der Waals surface area contributed by atoms with Gasteiger partial charge in [-0.25, -0.2) is 0 Å². The topological polar surface area (TPSA) is 38.3 Å². The largest absolute Gasteiger partial charge is 0.497 e. The standard InChI is InChI=1S/C17H17NO2/c1-20-15-7-3-5-13(10-15)16-9-8-12-4-2-6-14(11-19)17(12)18-16/h2-7,10-11,16,18H,8-9H2,1H3. The van der Waals surface area contributed by atoms with Gasteiger partial charge in [0.1, 0.15) is 5.75 Å². The third kappa shape index (κ3) is 2.27. The van der Waals surface area contributed by atoms with Crippen LogP contribution < -0.4 is 10.1 Å². The van der Waals surface area contributed by atoms with Gasteiger partial charge in [-0.05, 0) is 42.2 Å². The molecule has 3 heteroatoms. The minimum atomic E-state index is 0.221. The highest BCUT2D eigenvalue weighted by Crippen LogP contribution is 2.35. The Morgan fingerprint density at radius 2 is 2.10 bits per heavy atom. The van der Waals surface area contributed by atoms with Gasteiger partial charge in [-0.15, -0.1) is 0 Å². The van der Waals surface area contributed by atoms with Crippen LogP contribution in [0.2, 0.25) is 0 Å². The second-order valence-electron chi connectivity index (χ2n) is 5.01. The van der Waals surface area contributed by atoms with Crippen LogP contribution in [0.3, 0.4) is 0 Å². The summed E-state index contributed by atoms with van der Waals surface area (Å²) in [4.78, 5) is 11.2. The number of nitrogens with one attached hydrogen (secondary N) is 1. The Morgan fingerprint density at radius 3 is 2.90 bits per heavy atom. The van der Waals surface area contributed by atoms with Crippen molar-refractivity contribution >= 4 is 12.0 Å². The van der Waals surface area contributed by atoms with Crippen molar-refractivity contribution in [2.24, 2.45) is 0 Å². The average molecular weight is 267 g/mol. The van der Waals surface area contributed by atoms with E-state index in [4.69, 9.17) is 4.74 Å². The molecule has 1 unspecified atom stereocenters. The molecule has 102 valence electrons. The minimum Gasteiger partial charge on any atom is -0.497 e. The number of para-hydroxylation sites is 1. The SMILES string of the molecule is COc1cccc(C2CCc3cccc(C=O)c3N2)c1. The molecule has 1 heterocycles. The number of carbonyl (C=O) groups excluding carboxylic acids is 1. The monoisotopic (exact) mass is 267 g/mol. The van der Waals surface area contributed by atoms with Crippen molar-refractivity contribution in [1.82, 2.24) is 0 Å². The second-order valence-corrected chi connectivity index (χ2v) is 5.01. The minimum absolute atomic E-state index is 0.221. The molecule has 1 aliphatic rings. The van der Waals surface area contributed by atoms with Gasteiger partial charge >= 0.3 is 0 Å². The summed E-state index contributed by atoms with van der Waals surface area (Å²) in [7, 11) is 1.67. The molecule has 2 aromatic rings. The van der Waals surface area contributed by atoms with E-state index in [9.17, 15) is 4.79 Å². The Morgan fingerprint density at radius 1 is 1.25 bits per heavy atom. The van der Waals surface area contributed by atoms with E-state index in [1.807, 2.05) is 30.3 Å². The van der Waals surface area contributed by atoms with E-state index >= 15 is 0 Å². The Balaban J connectivity index is 1.93. The smallest absolute Gasteiger partial charge is 0.152 e. The molecule has 0 spiro atoms. The molecule has 0 bridgehead atoms. The van der Waals surface area contributed by atoms with Gasteiger partial charge in [-0.3, -0.25) is 4.79 Å². The second kappa shape index (κ2) is 5.37. The number of carbonyl (C=O) groups is 1. The van der Waals surface area contributed by atoms with Gasteiger partial charge < -0.3 is 10.1 Å². The van der Waals surface area contributed by atoms with Crippen LogP contribution in [-0.4, -0.2) is 13.4 Å². The maximum atomic E-state index is 11.2. The molecule has 3 rings (SSSR count). The van der Waals surface area contributed by atoms with E-state index in [2.05, 4.69) is 17.4 Å². The summed E-state index contributed by atoms with van der Waals surface area (Å²) in [6.07, 6.45) is 2.91. The third-order valence-electron chi connectivity index (χ3n) is 3.83. The summed E-state index contributed by atoms with van der Waals surface area (Å²) < 4.78 is 5.28. The van der Waals surface area contributed by atoms with Crippen LogP contribution in [0.4, 0.5) is 5.69 Å². The first-order valence-corrected chi connectivity index (χ1v) is 6.79. The highest BCUT2D eigenvalue weighted by molar-refractivity contribution is 5.86. The predicted octanol–water partition coefficient (Wildman–Crippen LogP) is 3.61. The maximum absolute atomic E-state index is 11.2. The number of aldehydes is 1. The van der Waals surface area contributed by atoms with Gasteiger partial charge in [0.25, 0.3) is 0 Å². The highest BCUT2D eigenvalue weighted by Gasteiger charge is 2.21. The first kappa shape index (κ1) is 12.7. The molecule has 1 aliphatic heterocycles. The Kier molecular flexibility index (Phi) is 3.42. The van der Waals surface area contributed by atoms with Gasteiger partial charge in [-0.2, -0.15) is 0 Å². The fourth-order valence-corrected chi connectivity index (χ4v) is 2.76. The number of aryl methyl sites for hydroxylation is 1. The Labute approximate surface area is 118 Å². The van der Waals surface area contributed by atoms with Crippen molar-refractivity contribution in [3.8, 4) is 5.75 Å². The van der Waals surface area contributed by atoms with Gasteiger partial charge in [0.15, 0.2) is 6.29 Å². The first-order valence-electron chi connectivity index (χ1n) is 6.79. The van der Waals surface area contributed by atoms with E-state index < -0.39 is 0 Å². The van der Waals surface area contributed by atoms with Gasteiger partial charge in [0, 0.05) is 11.3 Å². The number of hydrogen-bond acceptors (Lipinski definition) is 3. The predicted molar refractivity (Wildman–Crippen MR) is 79.5 cm³/mol. The molecular weight excluding hydrogens is 250 g/mol. The van der Waals surface area contributed by atoms with Crippen LogP contribution in [0.25, 0.3) is 0 Å². The summed E-state index contributed by atoms with van der Waals surface area (Å²) in [5.41, 5.74) is 4.11. The number of methoxy groups -OCH3 is 1. The van der Waals surface area contributed by atoms with Crippen LogP contribution in [0.5, 0.6) is 5.75 Å². The lowest BCUT2D eigenvalue weighted by molar-refractivity contribution is 0.112. The molecular formula is C17H17NO2. The van der Waals surface area contributed by atoms with E-state index in [0.717, 1.165) is 36.1 Å². The van der Waals surface area contributed by atoms with Crippen LogP contribution in [-0.2, 0) is 6.42 Å². The molecule has 0 amide bonds. The lowest BCUT2D eigenvalue weighted by Gasteiger charge is -2.28. The van der Waals surface area contributed by atoms with Crippen LogP contribution in [0, 0.1) is 0 Å². The van der Waals surface area contributed by atoms with Crippen molar-refractivity contribution in [3.63, 3.8) is 0 Å². The zero-order chi connectivity index (χ0) is 13.9. The molecule has 1 N–H and O–H groups in total. The zero-order valence-electron chi connectivity index (χ0n) is 11.4. The average Bonchev–Trinajstić information content (AvgIpc) is 2.53. The molecule has 0 saturated heterocycles. The number of fused-ring (bicyclic) bond motifs is 1. The number of rotatable bonds is 3. The third-order valence-corrected chi connectivity index (χ3v) is 3.83. The molecule has 20 heavy (non-hydrogen) atoms. The van der Waals surface area contributed by atoms with Crippen molar-refractivity contribution in [2.45, 2.75) is 18.9 Å². The van der Waals surface area contributed by atoms with Gasteiger partial charge in [-0.1, -0.05) is 24.3 Å². The first-order chi connectivity index (χ1) is 9.81. The van der Waals surface area contributed by atoms with Crippen LogP contribution in [0.15, 0.2) is 42.5 Å². The zero-order valence-corrected chi connectivity index (χ0v) is 11.4. The summed E-state index contributed by atoms with van der Waals surface area (Å²) in [5, 5.41) is 3.50. The van der Waals surface area contributed by atoms with E-state index in [1.54, 1.807) is 7.11 Å². The molecule has 0 fully saturated rings. The lowest BCUT2D eigenvalue weighted by atomic mass is 9.92. The molecule has 3 nitrogen and oxygen atoms in total. The molecule has 0 saturated carbocycles. The summed E-state index contributed by atoms with van der Waals surface area (Å²) in [5.74, 6) is 0.860. The fourth-order valence-electron chi connectivity index (χ4n) is 2.76. The van der Waals surface area contributed by atoms with Crippen molar-refractivity contribution in [3.05, 3.63) is 59.2 Å². The van der Waals surface area contributed by atoms with E-state index in [-0.39, 0.29) is 6.04 Å². The summed E-state index contributed by atoms with van der Waals surface area (Å²) >= 11 is 0. The van der Waals surface area contributed by atoms with Crippen molar-refractivity contribution in [2.75, 3.05) is 12.4 Å². The van der Waals surface area contributed by atoms with Crippen LogP contribution in [0.1, 0.15) is 33.9 Å². The maximum Gasteiger partial charge on any atom is 0.152 e. The number of ether oxygens (including phenoxy) is 1. The van der Waals surface area contributed by atoms with Crippen LogP contribution >= 0.6 is 0 Å². The quantitative estimate of drug-likeness (QED) is 0.863. The van der Waals surface area contributed by atoms with E-state index in [0.29, 0.717) is 0 Å². The van der Waals surface area contributed by atoms with Gasteiger partial charge in [0.05, 0.1) is 13.2 Å². The number of anilines is 1. The Hall–Kier alpha value is -2.29. The molecule has 0 aliphatic carbocycles. The Bertz CT molecular complexity index is 637.